The first kappa shape index (κ1) is 32.2. The van der Waals surface area contributed by atoms with Gasteiger partial charge in [0.2, 0.25) is 11.8 Å². The van der Waals surface area contributed by atoms with Crippen LogP contribution in [0.15, 0.2) is 71.6 Å². The molecule has 0 saturated carbocycles. The van der Waals surface area contributed by atoms with Crippen LogP contribution in [0, 0.1) is 5.82 Å². The summed E-state index contributed by atoms with van der Waals surface area (Å²) in [5, 5.41) is 3.54. The molecule has 3 aromatic carbocycles. The fourth-order valence-corrected chi connectivity index (χ4v) is 5.77. The van der Waals surface area contributed by atoms with Crippen molar-refractivity contribution in [2.45, 2.75) is 50.7 Å². The fraction of sp³-hybridized carbons (Fsp3) is 0.310. The molecule has 0 fully saturated rings. The van der Waals surface area contributed by atoms with Crippen LogP contribution in [0.25, 0.3) is 0 Å². The Bertz CT molecular complexity index is 1470. The van der Waals surface area contributed by atoms with Crippen molar-refractivity contribution in [3.8, 4) is 5.75 Å². The van der Waals surface area contributed by atoms with E-state index in [1.54, 1.807) is 19.1 Å². The van der Waals surface area contributed by atoms with Gasteiger partial charge in [-0.2, -0.15) is 0 Å². The van der Waals surface area contributed by atoms with Crippen molar-refractivity contribution in [1.82, 2.24) is 10.2 Å². The Hall–Kier alpha value is -3.34. The van der Waals surface area contributed by atoms with Crippen LogP contribution < -0.4 is 14.4 Å². The van der Waals surface area contributed by atoms with Crippen molar-refractivity contribution in [2.75, 3.05) is 18.0 Å². The minimum absolute atomic E-state index is 0.0664. The first-order valence-electron chi connectivity index (χ1n) is 12.8. The number of anilines is 1. The van der Waals surface area contributed by atoms with E-state index in [1.807, 2.05) is 13.8 Å². The Kier molecular flexibility index (Phi) is 11.0. The van der Waals surface area contributed by atoms with Gasteiger partial charge >= 0.3 is 0 Å². The summed E-state index contributed by atoms with van der Waals surface area (Å²) in [6.45, 7) is 4.54. The first-order chi connectivity index (χ1) is 19.4. The number of sulfonamides is 1. The molecule has 8 nitrogen and oxygen atoms in total. The molecule has 0 aliphatic carbocycles. The van der Waals surface area contributed by atoms with E-state index in [4.69, 9.17) is 27.9 Å². The van der Waals surface area contributed by atoms with Crippen LogP contribution in [-0.2, 0) is 26.2 Å². The second-order valence-corrected chi connectivity index (χ2v) is 12.1. The van der Waals surface area contributed by atoms with Gasteiger partial charge in [-0.3, -0.25) is 13.9 Å². The van der Waals surface area contributed by atoms with E-state index in [0.717, 1.165) is 16.4 Å². The maximum Gasteiger partial charge on any atom is 0.264 e. The largest absolute Gasteiger partial charge is 0.497 e. The summed E-state index contributed by atoms with van der Waals surface area (Å²) in [4.78, 5) is 28.2. The molecule has 2 amide bonds. The Balaban J connectivity index is 2.04. The molecule has 12 heteroatoms. The summed E-state index contributed by atoms with van der Waals surface area (Å²) >= 11 is 12.4. The predicted octanol–water partition coefficient (Wildman–Crippen LogP) is 5.67. The Morgan fingerprint density at radius 1 is 1.00 bits per heavy atom. The highest BCUT2D eigenvalue weighted by Gasteiger charge is 2.33. The molecule has 0 saturated heterocycles. The number of halogens is 3. The van der Waals surface area contributed by atoms with Gasteiger partial charge in [-0.05, 0) is 86.5 Å². The summed E-state index contributed by atoms with van der Waals surface area (Å²) in [5.74, 6) is -1.22. The molecule has 1 N–H and O–H groups in total. The highest BCUT2D eigenvalue weighted by molar-refractivity contribution is 7.92. The monoisotopic (exact) mass is 623 g/mol. The smallest absolute Gasteiger partial charge is 0.264 e. The lowest BCUT2D eigenvalue weighted by Gasteiger charge is -2.32. The molecule has 0 aromatic heterocycles. The van der Waals surface area contributed by atoms with Gasteiger partial charge in [0.15, 0.2) is 0 Å². The number of carbonyl (C=O) groups excluding carboxylic acids is 2. The van der Waals surface area contributed by atoms with Crippen molar-refractivity contribution < 1.29 is 27.1 Å². The highest BCUT2D eigenvalue weighted by atomic mass is 35.5. The van der Waals surface area contributed by atoms with Crippen molar-refractivity contribution in [1.29, 1.82) is 0 Å². The number of methoxy groups -OCH3 is 1. The molecule has 0 spiro atoms. The number of amides is 2. The lowest BCUT2D eigenvalue weighted by Crippen LogP contribution is -2.52. The summed E-state index contributed by atoms with van der Waals surface area (Å²) in [5.41, 5.74) is 0.579. The van der Waals surface area contributed by atoms with Gasteiger partial charge in [0.25, 0.3) is 10.0 Å². The van der Waals surface area contributed by atoms with E-state index in [1.165, 1.54) is 54.5 Å². The average Bonchev–Trinajstić information content (AvgIpc) is 2.95. The van der Waals surface area contributed by atoms with Gasteiger partial charge in [0.05, 0.1) is 17.7 Å². The lowest BCUT2D eigenvalue weighted by molar-refractivity contribution is -0.139. The minimum atomic E-state index is -4.31. The summed E-state index contributed by atoms with van der Waals surface area (Å²) < 4.78 is 47.4. The summed E-state index contributed by atoms with van der Waals surface area (Å²) in [7, 11) is -2.86. The van der Waals surface area contributed by atoms with E-state index in [-0.39, 0.29) is 28.2 Å². The summed E-state index contributed by atoms with van der Waals surface area (Å²) in [6, 6.07) is 14.0. The van der Waals surface area contributed by atoms with Crippen molar-refractivity contribution in [3.05, 3.63) is 88.2 Å². The molecule has 2 atom stereocenters. The Morgan fingerprint density at radius 3 is 2.20 bits per heavy atom. The number of rotatable bonds is 12. The van der Waals surface area contributed by atoms with Crippen LogP contribution in [0.3, 0.4) is 0 Å². The van der Waals surface area contributed by atoms with Crippen molar-refractivity contribution >= 4 is 50.7 Å². The van der Waals surface area contributed by atoms with E-state index in [0.29, 0.717) is 22.8 Å². The van der Waals surface area contributed by atoms with Crippen LogP contribution in [0.1, 0.15) is 32.8 Å². The molecule has 0 bridgehead atoms. The second-order valence-electron chi connectivity index (χ2n) is 9.41. The third-order valence-corrected chi connectivity index (χ3v) is 8.94. The highest BCUT2D eigenvalue weighted by Crippen LogP contribution is 2.27. The van der Waals surface area contributed by atoms with E-state index in [9.17, 15) is 22.4 Å². The molecule has 0 aliphatic heterocycles. The molecule has 220 valence electrons. The zero-order valence-electron chi connectivity index (χ0n) is 23.1. The minimum Gasteiger partial charge on any atom is -0.497 e. The van der Waals surface area contributed by atoms with Gasteiger partial charge in [-0.25, -0.2) is 12.8 Å². The van der Waals surface area contributed by atoms with Crippen molar-refractivity contribution in [2.24, 2.45) is 0 Å². The number of nitrogens with one attached hydrogen (secondary N) is 1. The molecule has 41 heavy (non-hydrogen) atoms. The van der Waals surface area contributed by atoms with E-state index < -0.39 is 40.2 Å². The van der Waals surface area contributed by atoms with Crippen molar-refractivity contribution in [3.63, 3.8) is 0 Å². The fourth-order valence-electron chi connectivity index (χ4n) is 3.89. The molecule has 0 unspecified atom stereocenters. The van der Waals surface area contributed by atoms with E-state index >= 15 is 0 Å². The number of nitrogens with zero attached hydrogens (tertiary/aromatic N) is 2. The van der Waals surface area contributed by atoms with Gasteiger partial charge in [0, 0.05) is 22.6 Å². The van der Waals surface area contributed by atoms with Gasteiger partial charge < -0.3 is 15.0 Å². The van der Waals surface area contributed by atoms with Crippen LogP contribution in [0.5, 0.6) is 5.75 Å². The number of hydrogen-bond donors (Lipinski definition) is 1. The lowest BCUT2D eigenvalue weighted by atomic mass is 10.1. The Morgan fingerprint density at radius 2 is 1.63 bits per heavy atom. The van der Waals surface area contributed by atoms with Gasteiger partial charge in [-0.15, -0.1) is 0 Å². The zero-order chi connectivity index (χ0) is 30.3. The molecule has 3 rings (SSSR count). The Labute approximate surface area is 250 Å². The van der Waals surface area contributed by atoms with Crippen LogP contribution >= 0.6 is 23.2 Å². The molecule has 0 heterocycles. The zero-order valence-corrected chi connectivity index (χ0v) is 25.4. The topological polar surface area (TPSA) is 96.0 Å². The SMILES string of the molecule is CC[C@H](C)NC(=O)[C@@H](C)N(Cc1ccc(Cl)cc1Cl)C(=O)CN(c1ccc(F)cc1)S(=O)(=O)c1ccc(OC)cc1. The second kappa shape index (κ2) is 14.0. The van der Waals surface area contributed by atoms with Crippen LogP contribution in [0.2, 0.25) is 10.0 Å². The molecule has 3 aromatic rings. The molecule has 0 radical (unpaired) electrons. The normalized spacial score (nSPS) is 12.8. The predicted molar refractivity (Wildman–Crippen MR) is 158 cm³/mol. The third kappa shape index (κ3) is 8.12. The van der Waals surface area contributed by atoms with Crippen LogP contribution in [0.4, 0.5) is 10.1 Å². The van der Waals surface area contributed by atoms with Crippen LogP contribution in [-0.4, -0.2) is 50.9 Å². The molecular weight excluding hydrogens is 592 g/mol. The van der Waals surface area contributed by atoms with E-state index in [2.05, 4.69) is 5.32 Å². The van der Waals surface area contributed by atoms with Gasteiger partial charge in [0.1, 0.15) is 24.2 Å². The standard InChI is InChI=1S/C29H32Cl2FN3O5S/c1-5-19(2)33-29(37)20(3)34(17-21-6-7-22(30)16-27(21)31)28(36)18-35(24-10-8-23(32)9-11-24)41(38,39)26-14-12-25(40-4)13-15-26/h6-16,19-20H,5,17-18H2,1-4H3,(H,33,37)/t19-,20+/m0/s1. The number of hydrogen-bond acceptors (Lipinski definition) is 5. The average molecular weight is 625 g/mol. The first-order valence-corrected chi connectivity index (χ1v) is 15.0. The number of benzene rings is 3. The quantitative estimate of drug-likeness (QED) is 0.280. The number of ether oxygens (including phenoxy) is 1. The molecule has 0 aliphatic rings. The third-order valence-electron chi connectivity index (χ3n) is 6.57. The molecular formula is C29H32Cl2FN3O5S. The number of carbonyl (C=O) groups is 2. The maximum absolute atomic E-state index is 13.9. The van der Waals surface area contributed by atoms with Gasteiger partial charge in [-0.1, -0.05) is 36.2 Å². The summed E-state index contributed by atoms with van der Waals surface area (Å²) in [6.07, 6.45) is 0.674. The maximum atomic E-state index is 13.9.